The van der Waals surface area contributed by atoms with Gasteiger partial charge in [-0.1, -0.05) is 0 Å². The van der Waals surface area contributed by atoms with Crippen LogP contribution in [0.5, 0.6) is 5.75 Å². The van der Waals surface area contributed by atoms with Crippen LogP contribution in [-0.2, 0) is 20.8 Å². The number of hydrogen-bond donors (Lipinski definition) is 7. The van der Waals surface area contributed by atoms with Crippen LogP contribution >= 0.6 is 0 Å². The lowest BCUT2D eigenvalue weighted by Crippen LogP contribution is -2.58. The van der Waals surface area contributed by atoms with E-state index >= 15 is 0 Å². The minimum Gasteiger partial charge on any atom is -0.508 e. The van der Waals surface area contributed by atoms with E-state index in [4.69, 9.17) is 5.73 Å². The highest BCUT2D eigenvalue weighted by atomic mass is 19.1. The fourth-order valence-corrected chi connectivity index (χ4v) is 6.18. The second-order valence-electron chi connectivity index (χ2n) is 10.9. The first kappa shape index (κ1) is 30.0. The van der Waals surface area contributed by atoms with Gasteiger partial charge in [0.1, 0.15) is 17.1 Å². The summed E-state index contributed by atoms with van der Waals surface area (Å²) in [7, 11) is 3.28. The number of amides is 3. The van der Waals surface area contributed by atoms with E-state index in [0.29, 0.717) is 11.3 Å². The van der Waals surface area contributed by atoms with Crippen molar-refractivity contribution in [3.05, 3.63) is 68.2 Å². The molecular weight excluding hydrogens is 585 g/mol. The zero-order chi connectivity index (χ0) is 32.4. The number of anilines is 3. The zero-order valence-corrected chi connectivity index (χ0v) is 23.2. The predicted octanol–water partition coefficient (Wildman–Crippen LogP) is 2.18. The molecule has 15 nitrogen and oxygen atoms in total. The molecule has 0 heterocycles. The third-order valence-electron chi connectivity index (χ3n) is 8.17. The summed E-state index contributed by atoms with van der Waals surface area (Å²) in [6.07, 6.45) is -0.465. The summed E-state index contributed by atoms with van der Waals surface area (Å²) >= 11 is 0. The molecule has 230 valence electrons. The van der Waals surface area contributed by atoms with Crippen LogP contribution in [-0.4, -0.2) is 68.6 Å². The van der Waals surface area contributed by atoms with Gasteiger partial charge in [0.15, 0.2) is 17.1 Å². The number of nitrogens with zero attached hydrogens (tertiary/aromatic N) is 2. The van der Waals surface area contributed by atoms with Crippen molar-refractivity contribution in [1.82, 2.24) is 0 Å². The van der Waals surface area contributed by atoms with E-state index in [1.165, 1.54) is 6.07 Å². The predicted molar refractivity (Wildman–Crippen MR) is 151 cm³/mol. The molecule has 0 radical (unpaired) electrons. The Morgan fingerprint density at radius 3 is 2.43 bits per heavy atom. The number of primary amides is 1. The highest BCUT2D eigenvalue weighted by Crippen LogP contribution is 2.54. The number of phenolic OH excluding ortho intramolecular Hbond substituents is 1. The molecule has 3 unspecified atom stereocenters. The van der Waals surface area contributed by atoms with Gasteiger partial charge in [0.2, 0.25) is 11.6 Å². The lowest BCUT2D eigenvalue weighted by Gasteiger charge is -2.46. The molecule has 1 fully saturated rings. The van der Waals surface area contributed by atoms with Gasteiger partial charge < -0.3 is 41.7 Å². The van der Waals surface area contributed by atoms with Crippen LogP contribution in [0.25, 0.3) is 5.76 Å². The van der Waals surface area contributed by atoms with Crippen molar-refractivity contribution in [1.29, 1.82) is 0 Å². The van der Waals surface area contributed by atoms with Gasteiger partial charge in [-0.2, -0.15) is 4.39 Å². The number of Topliss-reactive ketones (excluding diaryl/α,β-unsaturated/α-hetero) is 2. The number of fused-ring (bicyclic) bond motifs is 3. The largest absolute Gasteiger partial charge is 0.508 e. The highest BCUT2D eigenvalue weighted by molar-refractivity contribution is 6.22. The van der Waals surface area contributed by atoms with Crippen LogP contribution in [0.15, 0.2) is 41.2 Å². The molecule has 8 N–H and O–H groups in total. The van der Waals surface area contributed by atoms with Crippen molar-refractivity contribution >= 4 is 52.0 Å². The number of carbonyl (C=O) groups excluding carboxylic acids is 4. The Hall–Kier alpha value is -5.51. The number of hydrogen-bond acceptors (Lipinski definition) is 11. The molecule has 0 spiro atoms. The molecule has 3 aliphatic rings. The lowest BCUT2D eigenvalue weighted by atomic mass is 9.59. The average Bonchev–Trinajstić information content (AvgIpc) is 2.92. The molecule has 3 amide bonds. The minimum atomic E-state index is -2.73. The van der Waals surface area contributed by atoms with Crippen molar-refractivity contribution in [2.75, 3.05) is 29.6 Å². The molecule has 5 rings (SSSR count). The number of aliphatic hydroxyl groups is 3. The van der Waals surface area contributed by atoms with E-state index in [-0.39, 0.29) is 35.4 Å². The van der Waals surface area contributed by atoms with Crippen molar-refractivity contribution in [3.63, 3.8) is 0 Å². The number of nitro groups is 1. The van der Waals surface area contributed by atoms with Gasteiger partial charge in [0.05, 0.1) is 16.2 Å². The van der Waals surface area contributed by atoms with Crippen LogP contribution in [0.3, 0.4) is 0 Å². The van der Waals surface area contributed by atoms with Crippen molar-refractivity contribution in [3.8, 4) is 5.75 Å². The molecule has 44 heavy (non-hydrogen) atoms. The Kier molecular flexibility index (Phi) is 7.04. The third-order valence-corrected chi connectivity index (χ3v) is 8.17. The SMILES string of the molecule is CN(C)c1cc(NC(=O)Nc2ccc(F)c([N+](=O)[O-])c2)c(O)c2c1CC1CC3CC(=O)C(C(N)=O)=C(O)C3(O)C(=O)C1=C2O. The van der Waals surface area contributed by atoms with E-state index in [2.05, 4.69) is 10.6 Å². The molecule has 1 saturated carbocycles. The van der Waals surface area contributed by atoms with Crippen molar-refractivity contribution < 1.29 is 48.9 Å². The number of rotatable bonds is 5. The van der Waals surface area contributed by atoms with Gasteiger partial charge in [-0.15, -0.1) is 0 Å². The second-order valence-corrected chi connectivity index (χ2v) is 10.9. The highest BCUT2D eigenvalue weighted by Gasteiger charge is 2.60. The maximum absolute atomic E-state index is 13.7. The molecule has 3 atom stereocenters. The third kappa shape index (κ3) is 4.46. The molecular formula is C28H26FN5O10. The molecule has 2 aromatic carbocycles. The molecule has 16 heteroatoms. The summed E-state index contributed by atoms with van der Waals surface area (Å²) in [5, 5.41) is 60.5. The number of aliphatic hydroxyl groups excluding tert-OH is 2. The number of benzene rings is 2. The number of nitrogens with two attached hydrogens (primary N) is 1. The summed E-state index contributed by atoms with van der Waals surface area (Å²) < 4.78 is 13.7. The van der Waals surface area contributed by atoms with Gasteiger partial charge in [0, 0.05) is 49.4 Å². The fraction of sp³-hybridized carbons (Fsp3) is 0.286. The number of carbonyl (C=O) groups is 4. The Morgan fingerprint density at radius 1 is 1.14 bits per heavy atom. The first-order valence-corrected chi connectivity index (χ1v) is 13.1. The van der Waals surface area contributed by atoms with Gasteiger partial charge in [-0.25, -0.2) is 4.79 Å². The number of nitro benzene ring substituents is 1. The summed E-state index contributed by atoms with van der Waals surface area (Å²) in [6.45, 7) is 0. The first-order valence-electron chi connectivity index (χ1n) is 13.1. The minimum absolute atomic E-state index is 0.0428. The summed E-state index contributed by atoms with van der Waals surface area (Å²) in [5.41, 5.74) is 0.453. The molecule has 0 bridgehead atoms. The lowest BCUT2D eigenvalue weighted by molar-refractivity contribution is -0.387. The summed E-state index contributed by atoms with van der Waals surface area (Å²) in [5.74, 6) is -8.97. The smallest absolute Gasteiger partial charge is 0.323 e. The van der Waals surface area contributed by atoms with Crippen LogP contribution < -0.4 is 21.3 Å². The van der Waals surface area contributed by atoms with Crippen LogP contribution in [0, 0.1) is 27.8 Å². The Bertz CT molecular complexity index is 1770. The topological polar surface area (TPSA) is 246 Å². The summed E-state index contributed by atoms with van der Waals surface area (Å²) in [6, 6.07) is 3.05. The number of aromatic hydroxyl groups is 1. The Labute approximate surface area is 247 Å². The van der Waals surface area contributed by atoms with Crippen molar-refractivity contribution in [2.24, 2.45) is 17.6 Å². The average molecular weight is 612 g/mol. The van der Waals surface area contributed by atoms with Crippen molar-refractivity contribution in [2.45, 2.75) is 24.9 Å². The molecule has 0 aliphatic heterocycles. The van der Waals surface area contributed by atoms with Gasteiger partial charge >= 0.3 is 11.7 Å². The molecule has 0 saturated heterocycles. The van der Waals surface area contributed by atoms with Gasteiger partial charge in [-0.05, 0) is 42.5 Å². The van der Waals surface area contributed by atoms with Gasteiger partial charge in [0.25, 0.3) is 5.91 Å². The van der Waals surface area contributed by atoms with Crippen LogP contribution in [0.1, 0.15) is 24.0 Å². The van der Waals surface area contributed by atoms with Crippen LogP contribution in [0.2, 0.25) is 0 Å². The number of halogens is 1. The standard InChI is InChI=1S/C28H26FN5O10/c1-33(2)16-9-15(32-27(41)31-12-3-4-14(29)17(8-12)34(43)44)22(36)20-13(16)6-10-5-11-7-18(35)21(26(30)40)25(39)28(11,42)24(38)19(10)23(20)37/h3-4,8-11,36-37,39,42H,5-7H2,1-2H3,(H2,30,40)(H2,31,32,41). The number of ketones is 2. The molecule has 3 aliphatic carbocycles. The normalized spacial score (nSPS) is 22.5. The van der Waals surface area contributed by atoms with Crippen LogP contribution in [0.4, 0.5) is 31.9 Å². The maximum atomic E-state index is 13.7. The fourth-order valence-electron chi connectivity index (χ4n) is 6.18. The number of nitrogens with one attached hydrogen (secondary N) is 2. The van der Waals surface area contributed by atoms with Gasteiger partial charge in [-0.3, -0.25) is 24.5 Å². The van der Waals surface area contributed by atoms with E-state index in [0.717, 1.165) is 18.2 Å². The maximum Gasteiger partial charge on any atom is 0.323 e. The molecule has 2 aromatic rings. The second kappa shape index (κ2) is 10.3. The molecule has 0 aromatic heterocycles. The number of phenols is 1. The van der Waals surface area contributed by atoms with E-state index < -0.39 is 86.6 Å². The van der Waals surface area contributed by atoms with E-state index in [1.807, 2.05) is 0 Å². The monoisotopic (exact) mass is 611 g/mol. The zero-order valence-electron chi connectivity index (χ0n) is 23.2. The first-order chi connectivity index (χ1) is 20.6. The Morgan fingerprint density at radius 2 is 1.82 bits per heavy atom. The quantitative estimate of drug-likeness (QED) is 0.112. The summed E-state index contributed by atoms with van der Waals surface area (Å²) in [4.78, 5) is 62.6. The van der Waals surface area contributed by atoms with E-state index in [1.54, 1.807) is 19.0 Å². The number of urea groups is 1. The Balaban J connectivity index is 1.57. The van der Waals surface area contributed by atoms with E-state index in [9.17, 15) is 54.1 Å².